The van der Waals surface area contributed by atoms with Gasteiger partial charge in [-0.1, -0.05) is 42.5 Å². The molecule has 0 saturated heterocycles. The Balaban J connectivity index is 1.93. The maximum Gasteiger partial charge on any atom is 0.240 e. The van der Waals surface area contributed by atoms with Gasteiger partial charge in [0.15, 0.2) is 5.96 Å². The number of methoxy groups -OCH3 is 1. The number of ether oxygens (including phenoxy) is 1. The monoisotopic (exact) mass is 390 g/mol. The lowest BCUT2D eigenvalue weighted by Crippen LogP contribution is -2.36. The van der Waals surface area contributed by atoms with Crippen molar-refractivity contribution in [2.45, 2.75) is 18.0 Å². The van der Waals surface area contributed by atoms with E-state index >= 15 is 0 Å². The fourth-order valence-corrected chi connectivity index (χ4v) is 3.46. The standard InChI is InChI=1S/C19H26N4O3S/c1-20-19(21-14-16-7-4-3-5-8-16)22-15-17-9-6-10-18(13-17)27(24,25)23-11-12-26-2/h3-10,13,23H,11-12,14-15H2,1-2H3,(H2,20,21,22). The van der Waals surface area contributed by atoms with E-state index in [9.17, 15) is 8.42 Å². The fraction of sp³-hybridized carbons (Fsp3) is 0.316. The van der Waals surface area contributed by atoms with E-state index in [4.69, 9.17) is 4.74 Å². The minimum atomic E-state index is -3.55. The molecular weight excluding hydrogens is 364 g/mol. The van der Waals surface area contributed by atoms with Crippen LogP contribution in [-0.4, -0.2) is 41.7 Å². The molecule has 7 nitrogen and oxygen atoms in total. The Morgan fingerprint density at radius 2 is 1.67 bits per heavy atom. The first-order chi connectivity index (χ1) is 13.0. The van der Waals surface area contributed by atoms with Crippen molar-refractivity contribution in [2.24, 2.45) is 4.99 Å². The van der Waals surface area contributed by atoms with Gasteiger partial charge in [0, 0.05) is 33.8 Å². The zero-order chi connectivity index (χ0) is 19.5. The average molecular weight is 391 g/mol. The zero-order valence-electron chi connectivity index (χ0n) is 15.6. The topological polar surface area (TPSA) is 91.8 Å². The minimum Gasteiger partial charge on any atom is -0.383 e. The van der Waals surface area contributed by atoms with Crippen LogP contribution in [0.15, 0.2) is 64.5 Å². The van der Waals surface area contributed by atoms with Crippen LogP contribution in [0.1, 0.15) is 11.1 Å². The molecule has 146 valence electrons. The molecule has 0 heterocycles. The molecule has 0 radical (unpaired) electrons. The van der Waals surface area contributed by atoms with Gasteiger partial charge in [-0.15, -0.1) is 0 Å². The maximum atomic E-state index is 12.3. The highest BCUT2D eigenvalue weighted by Gasteiger charge is 2.13. The summed E-state index contributed by atoms with van der Waals surface area (Å²) in [7, 11) is -0.327. The number of nitrogens with zero attached hydrogens (tertiary/aromatic N) is 1. The summed E-state index contributed by atoms with van der Waals surface area (Å²) in [6.07, 6.45) is 0. The third-order valence-corrected chi connectivity index (χ3v) is 5.25. The first-order valence-corrected chi connectivity index (χ1v) is 10.1. The average Bonchev–Trinajstić information content (AvgIpc) is 2.69. The second-order valence-corrected chi connectivity index (χ2v) is 7.57. The Morgan fingerprint density at radius 1 is 1.00 bits per heavy atom. The number of benzene rings is 2. The lowest BCUT2D eigenvalue weighted by Gasteiger charge is -2.13. The predicted octanol–water partition coefficient (Wildman–Crippen LogP) is 1.48. The van der Waals surface area contributed by atoms with Crippen molar-refractivity contribution >= 4 is 16.0 Å². The number of aliphatic imine (C=N–C) groups is 1. The van der Waals surface area contributed by atoms with E-state index in [-0.39, 0.29) is 11.4 Å². The number of nitrogens with one attached hydrogen (secondary N) is 3. The van der Waals surface area contributed by atoms with Gasteiger partial charge in [-0.3, -0.25) is 4.99 Å². The highest BCUT2D eigenvalue weighted by molar-refractivity contribution is 7.89. The molecule has 0 aliphatic rings. The van der Waals surface area contributed by atoms with Gasteiger partial charge in [-0.05, 0) is 23.3 Å². The third-order valence-electron chi connectivity index (χ3n) is 3.79. The predicted molar refractivity (Wildman–Crippen MR) is 107 cm³/mol. The van der Waals surface area contributed by atoms with Crippen molar-refractivity contribution in [1.29, 1.82) is 0 Å². The van der Waals surface area contributed by atoms with Crippen LogP contribution in [0.2, 0.25) is 0 Å². The van der Waals surface area contributed by atoms with E-state index in [1.54, 1.807) is 25.2 Å². The van der Waals surface area contributed by atoms with Gasteiger partial charge in [-0.25, -0.2) is 13.1 Å². The first kappa shape index (κ1) is 20.9. The number of guanidine groups is 1. The Labute approximate surface area is 160 Å². The van der Waals surface area contributed by atoms with Crippen molar-refractivity contribution in [2.75, 3.05) is 27.3 Å². The van der Waals surface area contributed by atoms with Crippen LogP contribution in [-0.2, 0) is 27.8 Å². The molecule has 0 aliphatic heterocycles. The van der Waals surface area contributed by atoms with E-state index in [1.807, 2.05) is 36.4 Å². The SMILES string of the molecule is CN=C(NCc1ccccc1)NCc1cccc(S(=O)(=O)NCCOC)c1. The van der Waals surface area contributed by atoms with E-state index in [1.165, 1.54) is 7.11 Å². The lowest BCUT2D eigenvalue weighted by molar-refractivity contribution is 0.204. The van der Waals surface area contributed by atoms with E-state index in [0.717, 1.165) is 11.1 Å². The van der Waals surface area contributed by atoms with Gasteiger partial charge in [0.1, 0.15) is 0 Å². The molecule has 0 aromatic heterocycles. The van der Waals surface area contributed by atoms with Crippen molar-refractivity contribution in [3.8, 4) is 0 Å². The highest BCUT2D eigenvalue weighted by Crippen LogP contribution is 2.11. The third kappa shape index (κ3) is 7.01. The van der Waals surface area contributed by atoms with Crippen molar-refractivity contribution in [3.63, 3.8) is 0 Å². The summed E-state index contributed by atoms with van der Waals surface area (Å²) >= 11 is 0. The zero-order valence-corrected chi connectivity index (χ0v) is 16.4. The Hall–Kier alpha value is -2.42. The lowest BCUT2D eigenvalue weighted by atomic mass is 10.2. The smallest absolute Gasteiger partial charge is 0.240 e. The summed E-state index contributed by atoms with van der Waals surface area (Å²) in [5.74, 6) is 0.644. The molecule has 2 aromatic carbocycles. The molecule has 0 bridgehead atoms. The van der Waals surface area contributed by atoms with Crippen molar-refractivity contribution in [1.82, 2.24) is 15.4 Å². The Kier molecular flexibility index (Phi) is 8.25. The molecule has 0 saturated carbocycles. The molecule has 0 atom stereocenters. The molecule has 3 N–H and O–H groups in total. The van der Waals surface area contributed by atoms with Gasteiger partial charge in [0.2, 0.25) is 10.0 Å². The molecule has 2 rings (SSSR count). The minimum absolute atomic E-state index is 0.227. The van der Waals surface area contributed by atoms with Crippen LogP contribution in [0.25, 0.3) is 0 Å². The van der Waals surface area contributed by atoms with Crippen molar-refractivity contribution < 1.29 is 13.2 Å². The van der Waals surface area contributed by atoms with Crippen molar-refractivity contribution in [3.05, 3.63) is 65.7 Å². The van der Waals surface area contributed by atoms with E-state index < -0.39 is 10.0 Å². The number of hydrogen-bond donors (Lipinski definition) is 3. The fourth-order valence-electron chi connectivity index (χ4n) is 2.37. The number of sulfonamides is 1. The van der Waals surface area contributed by atoms with E-state index in [2.05, 4.69) is 20.3 Å². The summed E-state index contributed by atoms with van der Waals surface area (Å²) in [5.41, 5.74) is 1.99. The van der Waals surface area contributed by atoms with Crippen LogP contribution < -0.4 is 15.4 Å². The molecule has 8 heteroatoms. The molecule has 0 unspecified atom stereocenters. The molecule has 0 amide bonds. The van der Waals surface area contributed by atoms with Gasteiger partial charge >= 0.3 is 0 Å². The molecule has 0 aliphatic carbocycles. The molecule has 2 aromatic rings. The Bertz CT molecular complexity index is 839. The summed E-state index contributed by atoms with van der Waals surface area (Å²) in [5, 5.41) is 6.42. The maximum absolute atomic E-state index is 12.3. The molecule has 27 heavy (non-hydrogen) atoms. The summed E-state index contributed by atoms with van der Waals surface area (Å²) in [4.78, 5) is 4.42. The van der Waals surface area contributed by atoms with Gasteiger partial charge < -0.3 is 15.4 Å². The first-order valence-electron chi connectivity index (χ1n) is 8.61. The van der Waals surface area contributed by atoms with E-state index in [0.29, 0.717) is 25.7 Å². The van der Waals surface area contributed by atoms with Crippen LogP contribution in [0, 0.1) is 0 Å². The van der Waals surface area contributed by atoms with Crippen LogP contribution in [0.4, 0.5) is 0 Å². The van der Waals surface area contributed by atoms with Gasteiger partial charge in [0.05, 0.1) is 11.5 Å². The number of rotatable bonds is 9. The summed E-state index contributed by atoms with van der Waals surface area (Å²) in [6, 6.07) is 16.8. The second-order valence-electron chi connectivity index (χ2n) is 5.80. The van der Waals surface area contributed by atoms with Gasteiger partial charge in [0.25, 0.3) is 0 Å². The largest absolute Gasteiger partial charge is 0.383 e. The molecule has 0 fully saturated rings. The summed E-state index contributed by atoms with van der Waals surface area (Å²) < 4.78 is 32.0. The highest BCUT2D eigenvalue weighted by atomic mass is 32.2. The second kappa shape index (κ2) is 10.7. The van der Waals surface area contributed by atoms with Crippen LogP contribution in [0.3, 0.4) is 0 Å². The number of hydrogen-bond acceptors (Lipinski definition) is 4. The quantitative estimate of drug-likeness (QED) is 0.343. The van der Waals surface area contributed by atoms with Gasteiger partial charge in [-0.2, -0.15) is 0 Å². The Morgan fingerprint density at radius 3 is 2.33 bits per heavy atom. The normalized spacial score (nSPS) is 12.0. The molecular formula is C19H26N4O3S. The molecule has 0 spiro atoms. The summed E-state index contributed by atoms with van der Waals surface area (Å²) in [6.45, 7) is 1.66. The van der Waals surface area contributed by atoms with Crippen LogP contribution >= 0.6 is 0 Å². The van der Waals surface area contributed by atoms with Crippen LogP contribution in [0.5, 0.6) is 0 Å².